The quantitative estimate of drug-likeness (QED) is 0.357. The number of allylic oxidation sites excluding steroid dienone is 1. The molecule has 0 radical (unpaired) electrons. The highest BCUT2D eigenvalue weighted by Gasteiger charge is 2.26. The highest BCUT2D eigenvalue weighted by Crippen LogP contribution is 2.18. The molecule has 0 heterocycles. The molecular formula is C6H10F2N3O2+. The molecule has 74 valence electrons. The largest absolute Gasteiger partial charge is 0.579 e. The van der Waals surface area contributed by atoms with Gasteiger partial charge in [0, 0.05) is 6.92 Å². The highest BCUT2D eigenvalue weighted by atomic mass is 19.3. The van der Waals surface area contributed by atoms with Crippen LogP contribution in [0.1, 0.15) is 6.92 Å². The molecule has 0 saturated carbocycles. The summed E-state index contributed by atoms with van der Waals surface area (Å²) in [5.74, 6) is -3.94. The Morgan fingerprint density at radius 1 is 1.54 bits per heavy atom. The van der Waals surface area contributed by atoms with Crippen LogP contribution in [0.4, 0.5) is 13.6 Å². The number of nitrogens with zero attached hydrogens (tertiary/aromatic N) is 1. The molecule has 0 unspecified atom stereocenters. The normalized spacial score (nSPS) is 14.4. The Labute approximate surface area is 72.7 Å². The number of primary amides is 1. The van der Waals surface area contributed by atoms with E-state index in [0.29, 0.717) is 13.0 Å². The van der Waals surface area contributed by atoms with Gasteiger partial charge in [0.05, 0.1) is 11.8 Å². The van der Waals surface area contributed by atoms with E-state index in [4.69, 9.17) is 10.8 Å². The van der Waals surface area contributed by atoms with E-state index in [2.05, 4.69) is 10.7 Å². The number of carbonyl (C=O) groups is 1. The zero-order chi connectivity index (χ0) is 10.6. The maximum atomic E-state index is 12.4. The number of halogens is 2. The number of carbonyl (C=O) groups excluding carboxylic acids is 1. The second kappa shape index (κ2) is 3.83. The minimum Gasteiger partial charge on any atom is -0.579 e. The second-order valence-corrected chi connectivity index (χ2v) is 2.32. The number of amides is 2. The molecule has 0 spiro atoms. The molecule has 0 saturated heterocycles. The lowest BCUT2D eigenvalue weighted by molar-refractivity contribution is 0.0618. The summed E-state index contributed by atoms with van der Waals surface area (Å²) in [7, 11) is 0. The summed E-state index contributed by atoms with van der Waals surface area (Å²) < 4.78 is 24.7. The van der Waals surface area contributed by atoms with Crippen LogP contribution in [-0.2, 0) is 0 Å². The highest BCUT2D eigenvalue weighted by molar-refractivity contribution is 5.95. The number of aliphatic imine (C=N–C) groups is 1. The standard InChI is InChI=1S/C6H9F2N3O2/c1-6(7,8)3(9)2-4(12)11-5(10)13/h2H,9H2,1H3,(H3,10,11,12,13)/p+1. The lowest BCUT2D eigenvalue weighted by atomic mass is 10.2. The maximum Gasteiger partial charge on any atom is 0.363 e. The van der Waals surface area contributed by atoms with Crippen molar-refractivity contribution in [2.45, 2.75) is 12.8 Å². The Morgan fingerprint density at radius 3 is 2.31 bits per heavy atom. The minimum absolute atomic E-state index is 0.566. The Balaban J connectivity index is 4.67. The van der Waals surface area contributed by atoms with Crippen LogP contribution in [0.3, 0.4) is 0 Å². The van der Waals surface area contributed by atoms with E-state index in [0.717, 1.165) is 0 Å². The second-order valence-electron chi connectivity index (χ2n) is 2.32. The summed E-state index contributed by atoms with van der Waals surface area (Å²) in [6, 6.07) is -1.13. The summed E-state index contributed by atoms with van der Waals surface area (Å²) in [6.45, 7) is 0.566. The van der Waals surface area contributed by atoms with Gasteiger partial charge in [-0.3, -0.25) is 0 Å². The van der Waals surface area contributed by atoms with Crippen LogP contribution in [0.15, 0.2) is 16.8 Å². The van der Waals surface area contributed by atoms with Crippen molar-refractivity contribution in [3.63, 3.8) is 0 Å². The monoisotopic (exact) mass is 194 g/mol. The maximum absolute atomic E-state index is 12.4. The van der Waals surface area contributed by atoms with Crippen molar-refractivity contribution >= 4 is 11.9 Å². The predicted octanol–water partition coefficient (Wildman–Crippen LogP) is -0.314. The Kier molecular flexibility index (Phi) is 3.34. The fraction of sp³-hybridized carbons (Fsp3) is 0.333. The minimum atomic E-state index is -3.24. The molecule has 0 rings (SSSR count). The van der Waals surface area contributed by atoms with E-state index in [1.807, 2.05) is 0 Å². The van der Waals surface area contributed by atoms with Crippen molar-refractivity contribution in [3.05, 3.63) is 11.8 Å². The number of hydrogen-bond donors (Lipinski definition) is 2. The molecule has 0 aliphatic rings. The average molecular weight is 194 g/mol. The topological polar surface area (TPSA) is 104 Å². The van der Waals surface area contributed by atoms with Gasteiger partial charge in [0.2, 0.25) is 0 Å². The summed E-state index contributed by atoms with van der Waals surface area (Å²) in [5, 5.41) is 6.87. The van der Waals surface area contributed by atoms with Gasteiger partial charge in [0.1, 0.15) is 0 Å². The number of hydrogen-bond acceptors (Lipinski definition) is 2. The zero-order valence-electron chi connectivity index (χ0n) is 6.84. The van der Waals surface area contributed by atoms with Crippen LogP contribution in [0.2, 0.25) is 0 Å². The molecule has 7 heteroatoms. The molecule has 6 N–H and O–H groups in total. The van der Waals surface area contributed by atoms with Crippen molar-refractivity contribution < 1.29 is 18.7 Å². The van der Waals surface area contributed by atoms with Crippen LogP contribution in [0.5, 0.6) is 0 Å². The van der Waals surface area contributed by atoms with Gasteiger partial charge in [-0.15, -0.1) is 4.99 Å². The van der Waals surface area contributed by atoms with Gasteiger partial charge in [0.25, 0.3) is 5.92 Å². The van der Waals surface area contributed by atoms with E-state index in [-0.39, 0.29) is 0 Å². The lowest BCUT2D eigenvalue weighted by Crippen LogP contribution is -2.22. The first-order valence-electron chi connectivity index (χ1n) is 3.18. The SMILES string of the molecule is CC(F)(F)C(N)=CC([OH2+])=NC(N)=O. The van der Waals surface area contributed by atoms with E-state index in [1.165, 1.54) is 0 Å². The molecule has 0 aliphatic carbocycles. The van der Waals surface area contributed by atoms with Crippen molar-refractivity contribution in [2.24, 2.45) is 16.5 Å². The molecule has 13 heavy (non-hydrogen) atoms. The first kappa shape index (κ1) is 11.3. The fourth-order valence-electron chi connectivity index (χ4n) is 0.425. The molecule has 0 aromatic carbocycles. The fourth-order valence-corrected chi connectivity index (χ4v) is 0.425. The summed E-state index contributed by atoms with van der Waals surface area (Å²) in [6.07, 6.45) is 0.574. The van der Waals surface area contributed by atoms with Gasteiger partial charge in [-0.25, -0.2) is 13.6 Å². The van der Waals surface area contributed by atoms with Gasteiger partial charge >= 0.3 is 11.9 Å². The third-order valence-corrected chi connectivity index (χ3v) is 1.03. The van der Waals surface area contributed by atoms with Gasteiger partial charge in [-0.1, -0.05) is 0 Å². The molecule has 5 nitrogen and oxygen atoms in total. The van der Waals surface area contributed by atoms with Gasteiger partial charge in [-0.05, 0) is 0 Å². The number of nitrogens with two attached hydrogens (primary N) is 2. The van der Waals surface area contributed by atoms with Crippen molar-refractivity contribution in [1.82, 2.24) is 0 Å². The Hall–Kier alpha value is -1.66. The number of rotatable bonds is 2. The van der Waals surface area contributed by atoms with E-state index in [9.17, 15) is 13.6 Å². The summed E-state index contributed by atoms with van der Waals surface area (Å²) in [5.41, 5.74) is 8.61. The first-order chi connectivity index (χ1) is 5.73. The van der Waals surface area contributed by atoms with Crippen LogP contribution in [0.25, 0.3) is 0 Å². The number of urea groups is 1. The Bertz CT molecular complexity index is 268. The molecule has 0 atom stereocenters. The van der Waals surface area contributed by atoms with Crippen molar-refractivity contribution in [1.29, 1.82) is 0 Å². The molecule has 0 aromatic heterocycles. The van der Waals surface area contributed by atoms with Crippen molar-refractivity contribution in [2.75, 3.05) is 0 Å². The third-order valence-electron chi connectivity index (χ3n) is 1.03. The van der Waals surface area contributed by atoms with Gasteiger partial charge < -0.3 is 16.6 Å². The smallest absolute Gasteiger partial charge is 0.363 e. The first-order valence-corrected chi connectivity index (χ1v) is 3.18. The lowest BCUT2D eigenvalue weighted by Gasteiger charge is -2.08. The van der Waals surface area contributed by atoms with E-state index < -0.39 is 23.5 Å². The van der Waals surface area contributed by atoms with Crippen LogP contribution in [-0.4, -0.2) is 23.0 Å². The number of alkyl halides is 2. The van der Waals surface area contributed by atoms with E-state index in [1.54, 1.807) is 0 Å². The molecule has 0 aliphatic heterocycles. The molecule has 0 aromatic rings. The third kappa shape index (κ3) is 4.72. The summed E-state index contributed by atoms with van der Waals surface area (Å²) in [4.78, 5) is 13.0. The predicted molar refractivity (Wildman–Crippen MR) is 43.5 cm³/mol. The van der Waals surface area contributed by atoms with Crippen LogP contribution in [0, 0.1) is 0 Å². The van der Waals surface area contributed by atoms with Crippen LogP contribution < -0.4 is 11.5 Å². The van der Waals surface area contributed by atoms with Gasteiger partial charge in [-0.2, -0.15) is 0 Å². The molecule has 0 fully saturated rings. The molecule has 0 bridgehead atoms. The summed E-state index contributed by atoms with van der Waals surface area (Å²) >= 11 is 0. The van der Waals surface area contributed by atoms with Crippen LogP contribution >= 0.6 is 0 Å². The average Bonchev–Trinajstić information content (AvgIpc) is 1.82. The van der Waals surface area contributed by atoms with Gasteiger partial charge in [0.15, 0.2) is 0 Å². The van der Waals surface area contributed by atoms with E-state index >= 15 is 0 Å². The van der Waals surface area contributed by atoms with Crippen molar-refractivity contribution in [3.8, 4) is 0 Å². The Morgan fingerprint density at radius 2 is 2.00 bits per heavy atom. The zero-order valence-corrected chi connectivity index (χ0v) is 6.84. The molecule has 2 amide bonds. The molecular weight excluding hydrogens is 184 g/mol.